The molecule has 2 aromatic rings. The fourth-order valence-corrected chi connectivity index (χ4v) is 3.33. The molecule has 0 fully saturated rings. The van der Waals surface area contributed by atoms with Gasteiger partial charge in [-0.2, -0.15) is 5.10 Å². The summed E-state index contributed by atoms with van der Waals surface area (Å²) in [6.07, 6.45) is 1.28. The summed E-state index contributed by atoms with van der Waals surface area (Å²) < 4.78 is 33.5. The molecule has 0 atom stereocenters. The van der Waals surface area contributed by atoms with E-state index in [0.29, 0.717) is 16.9 Å². The highest BCUT2D eigenvalue weighted by molar-refractivity contribution is 7.92. The highest BCUT2D eigenvalue weighted by atomic mass is 32.2. The maximum Gasteiger partial charge on any atom is 0.268 e. The molecule has 1 heterocycles. The van der Waals surface area contributed by atoms with Gasteiger partial charge in [0.05, 0.1) is 23.9 Å². The average Bonchev–Trinajstić information content (AvgIpc) is 2.42. The van der Waals surface area contributed by atoms with Gasteiger partial charge in [-0.3, -0.25) is 9.52 Å². The van der Waals surface area contributed by atoms with Crippen LogP contribution in [0, 0.1) is 13.8 Å². The number of ether oxygens (including phenoxy) is 1. The van der Waals surface area contributed by atoms with Gasteiger partial charge in [0.1, 0.15) is 5.75 Å². The molecule has 1 N–H and O–H groups in total. The summed E-state index contributed by atoms with van der Waals surface area (Å²) in [7, 11) is -0.789. The highest BCUT2D eigenvalue weighted by Crippen LogP contribution is 2.27. The monoisotopic (exact) mass is 323 g/mol. The van der Waals surface area contributed by atoms with Crippen molar-refractivity contribution in [2.75, 3.05) is 11.8 Å². The van der Waals surface area contributed by atoms with Crippen molar-refractivity contribution < 1.29 is 13.2 Å². The van der Waals surface area contributed by atoms with Gasteiger partial charge in [-0.25, -0.2) is 13.1 Å². The van der Waals surface area contributed by atoms with Crippen molar-refractivity contribution in [1.29, 1.82) is 0 Å². The molecule has 0 aliphatic rings. The van der Waals surface area contributed by atoms with E-state index in [-0.39, 0.29) is 10.6 Å². The molecule has 0 saturated heterocycles. The van der Waals surface area contributed by atoms with Gasteiger partial charge in [-0.1, -0.05) is 0 Å². The van der Waals surface area contributed by atoms with E-state index in [2.05, 4.69) is 9.82 Å². The second-order valence-corrected chi connectivity index (χ2v) is 6.58. The van der Waals surface area contributed by atoms with Crippen LogP contribution in [0.25, 0.3) is 0 Å². The Kier molecular flexibility index (Phi) is 4.23. The normalized spacial score (nSPS) is 11.3. The number of anilines is 1. The smallest absolute Gasteiger partial charge is 0.268 e. The lowest BCUT2D eigenvalue weighted by Gasteiger charge is -2.13. The lowest BCUT2D eigenvalue weighted by Crippen LogP contribution is -2.21. The number of nitrogens with one attached hydrogen (secondary N) is 1. The molecule has 118 valence electrons. The van der Waals surface area contributed by atoms with Crippen LogP contribution in [0.1, 0.15) is 11.1 Å². The zero-order chi connectivity index (χ0) is 16.5. The topological polar surface area (TPSA) is 90.3 Å². The highest BCUT2D eigenvalue weighted by Gasteiger charge is 2.18. The molecule has 1 aromatic carbocycles. The Morgan fingerprint density at radius 2 is 1.77 bits per heavy atom. The van der Waals surface area contributed by atoms with E-state index in [0.717, 1.165) is 4.68 Å². The predicted octanol–water partition coefficient (Wildman–Crippen LogP) is 1.21. The summed E-state index contributed by atoms with van der Waals surface area (Å²) >= 11 is 0. The molecular weight excluding hydrogens is 306 g/mol. The van der Waals surface area contributed by atoms with Crippen molar-refractivity contribution in [2.45, 2.75) is 18.7 Å². The summed E-state index contributed by atoms with van der Waals surface area (Å²) in [5, 5.41) is 3.78. The first kappa shape index (κ1) is 16.0. The fraction of sp³-hybridized carbons (Fsp3) is 0.286. The van der Waals surface area contributed by atoms with Gasteiger partial charge < -0.3 is 4.74 Å². The fourth-order valence-electron chi connectivity index (χ4n) is 2.13. The summed E-state index contributed by atoms with van der Waals surface area (Å²) in [5.41, 5.74) is 1.14. The van der Waals surface area contributed by atoms with Crippen molar-refractivity contribution in [3.8, 4) is 5.75 Å². The standard InChI is InChI=1S/C14H17N3O4S/c1-9-5-12(6-10(2)14(9)21-4)22(19,20)16-11-7-13(18)17(3)15-8-11/h5-8,16H,1-4H3. The van der Waals surface area contributed by atoms with Crippen LogP contribution in [0.5, 0.6) is 5.75 Å². The van der Waals surface area contributed by atoms with E-state index in [1.807, 2.05) is 0 Å². The van der Waals surface area contributed by atoms with Crippen LogP contribution >= 0.6 is 0 Å². The third kappa shape index (κ3) is 3.11. The molecule has 0 unspecified atom stereocenters. The van der Waals surface area contributed by atoms with Crippen molar-refractivity contribution in [1.82, 2.24) is 9.78 Å². The number of aromatic nitrogens is 2. The van der Waals surface area contributed by atoms with Gasteiger partial charge in [0.15, 0.2) is 0 Å². The largest absolute Gasteiger partial charge is 0.496 e. The third-order valence-electron chi connectivity index (χ3n) is 3.17. The Balaban J connectivity index is 2.42. The Labute approximate surface area is 128 Å². The van der Waals surface area contributed by atoms with Gasteiger partial charge in [-0.05, 0) is 37.1 Å². The van der Waals surface area contributed by atoms with Gasteiger partial charge in [-0.15, -0.1) is 0 Å². The number of hydrogen-bond donors (Lipinski definition) is 1. The summed E-state index contributed by atoms with van der Waals surface area (Å²) in [5.74, 6) is 0.647. The van der Waals surface area contributed by atoms with Gasteiger partial charge >= 0.3 is 0 Å². The number of methoxy groups -OCH3 is 1. The van der Waals surface area contributed by atoms with Gasteiger partial charge in [0.25, 0.3) is 15.6 Å². The van der Waals surface area contributed by atoms with Crippen LogP contribution in [0.3, 0.4) is 0 Å². The molecule has 0 spiro atoms. The molecule has 2 rings (SSSR count). The number of aryl methyl sites for hydroxylation is 3. The molecule has 0 aliphatic heterocycles. The maximum atomic E-state index is 12.4. The molecule has 0 radical (unpaired) electrons. The van der Waals surface area contributed by atoms with Crippen molar-refractivity contribution in [3.63, 3.8) is 0 Å². The Hall–Kier alpha value is -2.35. The summed E-state index contributed by atoms with van der Waals surface area (Å²) in [6, 6.07) is 4.21. The first-order chi connectivity index (χ1) is 10.2. The molecular formula is C14H17N3O4S. The van der Waals surface area contributed by atoms with E-state index in [1.165, 1.54) is 38.6 Å². The predicted molar refractivity (Wildman–Crippen MR) is 82.8 cm³/mol. The molecule has 8 heteroatoms. The van der Waals surface area contributed by atoms with Crippen molar-refractivity contribution in [3.05, 3.63) is 45.9 Å². The first-order valence-corrected chi connectivity index (χ1v) is 7.94. The Morgan fingerprint density at radius 1 is 1.18 bits per heavy atom. The molecule has 0 bridgehead atoms. The van der Waals surface area contributed by atoms with Crippen LogP contribution < -0.4 is 15.0 Å². The number of rotatable bonds is 4. The van der Waals surface area contributed by atoms with Crippen LogP contribution in [0.15, 0.2) is 34.1 Å². The number of nitrogens with zero attached hydrogens (tertiary/aromatic N) is 2. The SMILES string of the molecule is COc1c(C)cc(S(=O)(=O)Nc2cnn(C)c(=O)c2)cc1C. The molecule has 1 aromatic heterocycles. The molecule has 0 aliphatic carbocycles. The minimum Gasteiger partial charge on any atom is -0.496 e. The van der Waals surface area contributed by atoms with E-state index in [9.17, 15) is 13.2 Å². The zero-order valence-electron chi connectivity index (χ0n) is 12.7. The molecule has 0 amide bonds. The molecule has 0 saturated carbocycles. The average molecular weight is 323 g/mol. The Morgan fingerprint density at radius 3 is 2.27 bits per heavy atom. The van der Waals surface area contributed by atoms with Gasteiger partial charge in [0, 0.05) is 13.1 Å². The van der Waals surface area contributed by atoms with E-state index in [1.54, 1.807) is 13.8 Å². The third-order valence-corrected chi connectivity index (χ3v) is 4.53. The van der Waals surface area contributed by atoms with E-state index < -0.39 is 15.6 Å². The summed E-state index contributed by atoms with van der Waals surface area (Å²) in [6.45, 7) is 3.54. The minimum atomic E-state index is -3.81. The van der Waals surface area contributed by atoms with Crippen LogP contribution in [0.2, 0.25) is 0 Å². The second kappa shape index (κ2) is 5.80. The van der Waals surface area contributed by atoms with E-state index in [4.69, 9.17) is 4.74 Å². The number of benzene rings is 1. The van der Waals surface area contributed by atoms with Crippen molar-refractivity contribution >= 4 is 15.7 Å². The van der Waals surface area contributed by atoms with Crippen LogP contribution in [-0.2, 0) is 17.1 Å². The minimum absolute atomic E-state index is 0.101. The lowest BCUT2D eigenvalue weighted by atomic mass is 10.1. The quantitative estimate of drug-likeness (QED) is 0.913. The number of hydrogen-bond acceptors (Lipinski definition) is 5. The number of sulfonamides is 1. The van der Waals surface area contributed by atoms with Crippen LogP contribution in [0.4, 0.5) is 5.69 Å². The molecule has 7 nitrogen and oxygen atoms in total. The van der Waals surface area contributed by atoms with Gasteiger partial charge in [0.2, 0.25) is 0 Å². The summed E-state index contributed by atoms with van der Waals surface area (Å²) in [4.78, 5) is 11.6. The lowest BCUT2D eigenvalue weighted by molar-refractivity contribution is 0.408. The van der Waals surface area contributed by atoms with Crippen LogP contribution in [-0.4, -0.2) is 25.3 Å². The second-order valence-electron chi connectivity index (χ2n) is 4.90. The molecule has 22 heavy (non-hydrogen) atoms. The first-order valence-electron chi connectivity index (χ1n) is 6.46. The van der Waals surface area contributed by atoms with Crippen molar-refractivity contribution in [2.24, 2.45) is 7.05 Å². The zero-order valence-corrected chi connectivity index (χ0v) is 13.6. The Bertz CT molecular complexity index is 849. The van der Waals surface area contributed by atoms with E-state index >= 15 is 0 Å². The maximum absolute atomic E-state index is 12.4.